The second-order valence-electron chi connectivity index (χ2n) is 4.94. The molecule has 2 aliphatic heterocycles. The molecule has 3 atom stereocenters. The fourth-order valence-electron chi connectivity index (χ4n) is 2.60. The van der Waals surface area contributed by atoms with Gasteiger partial charge in [-0.05, 0) is 33.2 Å². The van der Waals surface area contributed by atoms with Crippen LogP contribution in [0.3, 0.4) is 0 Å². The van der Waals surface area contributed by atoms with Gasteiger partial charge in [-0.2, -0.15) is 0 Å². The van der Waals surface area contributed by atoms with Crippen LogP contribution in [0.5, 0.6) is 0 Å². The molecule has 82 valence electrons. The number of rotatable bonds is 2. The Balaban J connectivity index is 1.83. The van der Waals surface area contributed by atoms with Crippen LogP contribution in [0.2, 0.25) is 0 Å². The zero-order chi connectivity index (χ0) is 10.0. The summed E-state index contributed by atoms with van der Waals surface area (Å²) in [6, 6.07) is 1.15. The SMILES string of the molecule is CC1COC(C)(CC2CCCCN2)N1. The summed E-state index contributed by atoms with van der Waals surface area (Å²) in [6.45, 7) is 6.38. The first-order valence-corrected chi connectivity index (χ1v) is 5.83. The third-order valence-corrected chi connectivity index (χ3v) is 3.25. The van der Waals surface area contributed by atoms with Crippen LogP contribution in [-0.4, -0.2) is 31.0 Å². The first-order valence-electron chi connectivity index (χ1n) is 5.83. The van der Waals surface area contributed by atoms with E-state index in [1.54, 1.807) is 0 Å². The lowest BCUT2D eigenvalue weighted by molar-refractivity contribution is -0.0105. The first-order chi connectivity index (χ1) is 6.68. The molecule has 0 aromatic carbocycles. The molecule has 2 heterocycles. The Bertz CT molecular complexity index is 192. The molecule has 2 fully saturated rings. The van der Waals surface area contributed by atoms with Crippen molar-refractivity contribution in [1.29, 1.82) is 0 Å². The Morgan fingerprint density at radius 2 is 2.29 bits per heavy atom. The van der Waals surface area contributed by atoms with E-state index < -0.39 is 0 Å². The third-order valence-electron chi connectivity index (χ3n) is 3.25. The number of ether oxygens (including phenoxy) is 1. The number of hydrogen-bond donors (Lipinski definition) is 2. The lowest BCUT2D eigenvalue weighted by atomic mass is 9.97. The van der Waals surface area contributed by atoms with Crippen molar-refractivity contribution in [3.05, 3.63) is 0 Å². The van der Waals surface area contributed by atoms with Gasteiger partial charge < -0.3 is 10.1 Å². The zero-order valence-electron chi connectivity index (χ0n) is 9.31. The lowest BCUT2D eigenvalue weighted by Crippen LogP contribution is -2.47. The van der Waals surface area contributed by atoms with Gasteiger partial charge in [0.2, 0.25) is 0 Å². The molecule has 2 aliphatic rings. The van der Waals surface area contributed by atoms with Gasteiger partial charge in [-0.1, -0.05) is 6.42 Å². The average Bonchev–Trinajstić information content (AvgIpc) is 2.47. The van der Waals surface area contributed by atoms with Crippen LogP contribution >= 0.6 is 0 Å². The molecule has 3 nitrogen and oxygen atoms in total. The van der Waals surface area contributed by atoms with E-state index in [0.717, 1.165) is 13.0 Å². The average molecular weight is 198 g/mol. The second kappa shape index (κ2) is 4.17. The normalized spacial score (nSPS) is 44.1. The molecule has 3 unspecified atom stereocenters. The van der Waals surface area contributed by atoms with E-state index in [0.29, 0.717) is 12.1 Å². The molecule has 0 aromatic rings. The van der Waals surface area contributed by atoms with Crippen LogP contribution in [-0.2, 0) is 4.74 Å². The predicted molar refractivity (Wildman–Crippen MR) is 57.2 cm³/mol. The van der Waals surface area contributed by atoms with Gasteiger partial charge in [-0.25, -0.2) is 0 Å². The van der Waals surface area contributed by atoms with Gasteiger partial charge in [-0.3, -0.25) is 5.32 Å². The highest BCUT2D eigenvalue weighted by atomic mass is 16.5. The highest BCUT2D eigenvalue weighted by molar-refractivity contribution is 4.88. The summed E-state index contributed by atoms with van der Waals surface area (Å²) in [7, 11) is 0. The summed E-state index contributed by atoms with van der Waals surface area (Å²) in [5, 5.41) is 7.08. The Labute approximate surface area is 86.6 Å². The molecule has 0 amide bonds. The molecule has 2 N–H and O–H groups in total. The first kappa shape index (κ1) is 10.4. The lowest BCUT2D eigenvalue weighted by Gasteiger charge is -2.32. The maximum absolute atomic E-state index is 5.80. The van der Waals surface area contributed by atoms with Gasteiger partial charge in [0, 0.05) is 18.5 Å². The summed E-state index contributed by atoms with van der Waals surface area (Å²) in [5.41, 5.74) is -0.0889. The molecule has 0 bridgehead atoms. The van der Waals surface area contributed by atoms with E-state index >= 15 is 0 Å². The van der Waals surface area contributed by atoms with Crippen LogP contribution in [0.15, 0.2) is 0 Å². The fourth-order valence-corrected chi connectivity index (χ4v) is 2.60. The topological polar surface area (TPSA) is 33.3 Å². The van der Waals surface area contributed by atoms with Gasteiger partial charge in [0.1, 0.15) is 5.72 Å². The molecular formula is C11H22N2O. The van der Waals surface area contributed by atoms with E-state index in [4.69, 9.17) is 4.74 Å². The molecule has 0 aromatic heterocycles. The monoisotopic (exact) mass is 198 g/mol. The summed E-state index contributed by atoms with van der Waals surface area (Å²) in [4.78, 5) is 0. The summed E-state index contributed by atoms with van der Waals surface area (Å²) in [6.07, 6.45) is 5.09. The zero-order valence-corrected chi connectivity index (χ0v) is 9.31. The Morgan fingerprint density at radius 1 is 1.43 bits per heavy atom. The Morgan fingerprint density at radius 3 is 2.86 bits per heavy atom. The van der Waals surface area contributed by atoms with Crippen LogP contribution in [0.4, 0.5) is 0 Å². The van der Waals surface area contributed by atoms with Crippen molar-refractivity contribution in [2.75, 3.05) is 13.2 Å². The molecule has 2 rings (SSSR count). The largest absolute Gasteiger partial charge is 0.359 e. The van der Waals surface area contributed by atoms with Gasteiger partial charge in [0.05, 0.1) is 6.61 Å². The van der Waals surface area contributed by atoms with Gasteiger partial charge >= 0.3 is 0 Å². The maximum Gasteiger partial charge on any atom is 0.118 e. The van der Waals surface area contributed by atoms with E-state index in [1.165, 1.54) is 25.8 Å². The number of hydrogen-bond acceptors (Lipinski definition) is 3. The predicted octanol–water partition coefficient (Wildman–Crippen LogP) is 1.24. The standard InChI is InChI=1S/C11H22N2O/c1-9-8-14-11(2,13-9)7-10-5-3-4-6-12-10/h9-10,12-13H,3-8H2,1-2H3. The van der Waals surface area contributed by atoms with Gasteiger partial charge in [0.25, 0.3) is 0 Å². The number of nitrogens with one attached hydrogen (secondary N) is 2. The molecular weight excluding hydrogens is 176 g/mol. The van der Waals surface area contributed by atoms with E-state index in [2.05, 4.69) is 24.5 Å². The molecule has 3 heteroatoms. The van der Waals surface area contributed by atoms with Gasteiger partial charge in [-0.15, -0.1) is 0 Å². The van der Waals surface area contributed by atoms with E-state index in [1.807, 2.05) is 0 Å². The van der Waals surface area contributed by atoms with Crippen molar-refractivity contribution in [3.63, 3.8) is 0 Å². The van der Waals surface area contributed by atoms with Crippen molar-refractivity contribution in [2.45, 2.75) is 57.3 Å². The molecule has 0 aliphatic carbocycles. The van der Waals surface area contributed by atoms with E-state index in [-0.39, 0.29) is 5.72 Å². The highest BCUT2D eigenvalue weighted by Crippen LogP contribution is 2.24. The van der Waals surface area contributed by atoms with Crippen molar-refractivity contribution in [3.8, 4) is 0 Å². The third kappa shape index (κ3) is 2.47. The minimum Gasteiger partial charge on any atom is -0.359 e. The summed E-state index contributed by atoms with van der Waals surface area (Å²) in [5.74, 6) is 0. The minimum atomic E-state index is -0.0889. The number of piperidine rings is 1. The Hall–Kier alpha value is -0.120. The fraction of sp³-hybridized carbons (Fsp3) is 1.00. The van der Waals surface area contributed by atoms with Gasteiger partial charge in [0.15, 0.2) is 0 Å². The minimum absolute atomic E-state index is 0.0889. The van der Waals surface area contributed by atoms with Crippen molar-refractivity contribution in [2.24, 2.45) is 0 Å². The smallest absolute Gasteiger partial charge is 0.118 e. The summed E-state index contributed by atoms with van der Waals surface area (Å²) < 4.78 is 5.80. The van der Waals surface area contributed by atoms with E-state index in [9.17, 15) is 0 Å². The summed E-state index contributed by atoms with van der Waals surface area (Å²) >= 11 is 0. The van der Waals surface area contributed by atoms with Crippen molar-refractivity contribution in [1.82, 2.24) is 10.6 Å². The Kier molecular flexibility index (Phi) is 3.10. The molecule has 2 saturated heterocycles. The second-order valence-corrected chi connectivity index (χ2v) is 4.94. The quantitative estimate of drug-likeness (QED) is 0.700. The van der Waals surface area contributed by atoms with Crippen LogP contribution in [0.1, 0.15) is 39.5 Å². The molecule has 14 heavy (non-hydrogen) atoms. The van der Waals surface area contributed by atoms with Crippen LogP contribution in [0, 0.1) is 0 Å². The molecule has 0 saturated carbocycles. The molecule has 0 spiro atoms. The highest BCUT2D eigenvalue weighted by Gasteiger charge is 2.35. The van der Waals surface area contributed by atoms with Crippen molar-refractivity contribution < 1.29 is 4.74 Å². The van der Waals surface area contributed by atoms with Crippen molar-refractivity contribution >= 4 is 0 Å². The molecule has 0 radical (unpaired) electrons. The maximum atomic E-state index is 5.80. The van der Waals surface area contributed by atoms with Crippen LogP contribution < -0.4 is 10.6 Å². The van der Waals surface area contributed by atoms with Crippen LogP contribution in [0.25, 0.3) is 0 Å².